The number of benzene rings is 2. The normalized spacial score (nSPS) is 10.7. The average Bonchev–Trinajstić information content (AvgIpc) is 2.59. The monoisotopic (exact) mass is 353 g/mol. The Bertz CT molecular complexity index is 759. The van der Waals surface area contributed by atoms with Crippen molar-refractivity contribution in [1.29, 1.82) is 0 Å². The molecule has 138 valence electrons. The van der Waals surface area contributed by atoms with E-state index in [9.17, 15) is 9.59 Å². The van der Waals surface area contributed by atoms with Gasteiger partial charge in [-0.1, -0.05) is 42.5 Å². The molecule has 0 aromatic heterocycles. The van der Waals surface area contributed by atoms with E-state index in [-0.39, 0.29) is 24.9 Å². The molecule has 0 unspecified atom stereocenters. The third kappa shape index (κ3) is 5.70. The highest BCUT2D eigenvalue weighted by Gasteiger charge is 2.15. The van der Waals surface area contributed by atoms with E-state index in [2.05, 4.69) is 5.32 Å². The van der Waals surface area contributed by atoms with Gasteiger partial charge in [0.1, 0.15) is 0 Å². The largest absolute Gasteiger partial charge is 0.335 e. The SMILES string of the molecule is Cc1cccc(NC(=O)CN(C)C(=O)CN(C)Cc2ccccc2)c1C. The fourth-order valence-corrected chi connectivity index (χ4v) is 2.68. The van der Waals surface area contributed by atoms with Crippen LogP contribution in [0.25, 0.3) is 0 Å². The fraction of sp³-hybridized carbons (Fsp3) is 0.333. The molecule has 0 radical (unpaired) electrons. The maximum Gasteiger partial charge on any atom is 0.243 e. The standard InChI is InChI=1S/C21H27N3O2/c1-16-9-8-12-19(17(16)2)22-20(25)14-24(4)21(26)15-23(3)13-18-10-6-5-7-11-18/h5-12H,13-15H2,1-4H3,(H,22,25). The Balaban J connectivity index is 1.84. The van der Waals surface area contributed by atoms with E-state index in [1.165, 1.54) is 4.90 Å². The smallest absolute Gasteiger partial charge is 0.243 e. The molecule has 2 aromatic rings. The zero-order valence-corrected chi connectivity index (χ0v) is 16.0. The van der Waals surface area contributed by atoms with Crippen LogP contribution < -0.4 is 5.32 Å². The molecule has 0 spiro atoms. The minimum atomic E-state index is -0.194. The number of nitrogens with zero attached hydrogens (tertiary/aromatic N) is 2. The van der Waals surface area contributed by atoms with E-state index in [1.54, 1.807) is 7.05 Å². The van der Waals surface area contributed by atoms with Crippen LogP contribution in [-0.4, -0.2) is 48.8 Å². The molecule has 5 nitrogen and oxygen atoms in total. The van der Waals surface area contributed by atoms with Crippen LogP contribution >= 0.6 is 0 Å². The molecule has 0 heterocycles. The molecule has 0 bridgehead atoms. The van der Waals surface area contributed by atoms with Crippen LogP contribution in [0.5, 0.6) is 0 Å². The van der Waals surface area contributed by atoms with Crippen molar-refractivity contribution in [2.45, 2.75) is 20.4 Å². The Morgan fingerprint density at radius 3 is 2.31 bits per heavy atom. The van der Waals surface area contributed by atoms with Gasteiger partial charge in [-0.2, -0.15) is 0 Å². The van der Waals surface area contributed by atoms with E-state index >= 15 is 0 Å². The van der Waals surface area contributed by atoms with Gasteiger partial charge < -0.3 is 10.2 Å². The van der Waals surface area contributed by atoms with Gasteiger partial charge in [0.05, 0.1) is 13.1 Å². The summed E-state index contributed by atoms with van der Waals surface area (Å²) in [6.07, 6.45) is 0. The minimum absolute atomic E-state index is 0.0331. The lowest BCUT2D eigenvalue weighted by Crippen LogP contribution is -2.40. The van der Waals surface area contributed by atoms with Crippen molar-refractivity contribution in [1.82, 2.24) is 9.80 Å². The van der Waals surface area contributed by atoms with Gasteiger partial charge >= 0.3 is 0 Å². The molecule has 2 aromatic carbocycles. The Morgan fingerprint density at radius 1 is 0.923 bits per heavy atom. The van der Waals surface area contributed by atoms with Crippen molar-refractivity contribution in [2.75, 3.05) is 32.5 Å². The van der Waals surface area contributed by atoms with Gasteiger partial charge in [0.25, 0.3) is 0 Å². The molecule has 26 heavy (non-hydrogen) atoms. The van der Waals surface area contributed by atoms with E-state index in [1.807, 2.05) is 74.3 Å². The van der Waals surface area contributed by atoms with Crippen LogP contribution in [-0.2, 0) is 16.1 Å². The molecule has 0 aliphatic heterocycles. The second-order valence-corrected chi connectivity index (χ2v) is 6.70. The molecule has 0 aliphatic rings. The molecule has 0 saturated carbocycles. The zero-order valence-electron chi connectivity index (χ0n) is 16.0. The third-order valence-electron chi connectivity index (χ3n) is 4.39. The number of likely N-dealkylation sites (N-methyl/N-ethyl adjacent to an activating group) is 2. The molecular weight excluding hydrogens is 326 g/mol. The molecule has 0 atom stereocenters. The lowest BCUT2D eigenvalue weighted by Gasteiger charge is -2.22. The molecule has 2 rings (SSSR count). The summed E-state index contributed by atoms with van der Waals surface area (Å²) < 4.78 is 0. The van der Waals surface area contributed by atoms with Crippen molar-refractivity contribution < 1.29 is 9.59 Å². The van der Waals surface area contributed by atoms with Crippen molar-refractivity contribution >= 4 is 17.5 Å². The van der Waals surface area contributed by atoms with Crippen LogP contribution in [0.3, 0.4) is 0 Å². The summed E-state index contributed by atoms with van der Waals surface area (Å²) in [7, 11) is 3.55. The molecule has 0 fully saturated rings. The number of carbonyl (C=O) groups excluding carboxylic acids is 2. The summed E-state index contributed by atoms with van der Waals surface area (Å²) >= 11 is 0. The molecular formula is C21H27N3O2. The highest BCUT2D eigenvalue weighted by molar-refractivity contribution is 5.95. The first-order chi connectivity index (χ1) is 12.4. The van der Waals surface area contributed by atoms with E-state index in [0.29, 0.717) is 6.54 Å². The van der Waals surface area contributed by atoms with Crippen LogP contribution in [0.15, 0.2) is 48.5 Å². The first-order valence-electron chi connectivity index (χ1n) is 8.69. The first-order valence-corrected chi connectivity index (χ1v) is 8.69. The number of rotatable bonds is 7. The van der Waals surface area contributed by atoms with Crippen LogP contribution in [0.4, 0.5) is 5.69 Å². The van der Waals surface area contributed by atoms with E-state index in [0.717, 1.165) is 22.4 Å². The van der Waals surface area contributed by atoms with Gasteiger partial charge in [-0.3, -0.25) is 14.5 Å². The summed E-state index contributed by atoms with van der Waals surface area (Å²) in [5, 5.41) is 2.88. The van der Waals surface area contributed by atoms with Gasteiger partial charge in [0.2, 0.25) is 11.8 Å². The molecule has 1 N–H and O–H groups in total. The van der Waals surface area contributed by atoms with Crippen LogP contribution in [0, 0.1) is 13.8 Å². The number of hydrogen-bond donors (Lipinski definition) is 1. The number of nitrogens with one attached hydrogen (secondary N) is 1. The first kappa shape index (κ1) is 19.7. The molecule has 0 aliphatic carbocycles. The molecule has 0 saturated heterocycles. The third-order valence-corrected chi connectivity index (χ3v) is 4.39. The predicted molar refractivity (Wildman–Crippen MR) is 105 cm³/mol. The van der Waals surface area contributed by atoms with Crippen LogP contribution in [0.1, 0.15) is 16.7 Å². The highest BCUT2D eigenvalue weighted by Crippen LogP contribution is 2.17. The molecule has 5 heteroatoms. The lowest BCUT2D eigenvalue weighted by molar-refractivity contribution is -0.134. The highest BCUT2D eigenvalue weighted by atomic mass is 16.2. The second-order valence-electron chi connectivity index (χ2n) is 6.70. The Kier molecular flexibility index (Phi) is 6.92. The van der Waals surface area contributed by atoms with Crippen molar-refractivity contribution in [2.24, 2.45) is 0 Å². The predicted octanol–water partition coefficient (Wildman–Crippen LogP) is 2.83. The summed E-state index contributed by atoms with van der Waals surface area (Å²) in [4.78, 5) is 28.0. The number of aryl methyl sites for hydroxylation is 1. The van der Waals surface area contributed by atoms with Crippen molar-refractivity contribution in [3.8, 4) is 0 Å². The minimum Gasteiger partial charge on any atom is -0.335 e. The summed E-state index contributed by atoms with van der Waals surface area (Å²) in [6.45, 7) is 4.96. The second kappa shape index (κ2) is 9.15. The summed E-state index contributed by atoms with van der Waals surface area (Å²) in [6, 6.07) is 15.8. The number of carbonyl (C=O) groups is 2. The van der Waals surface area contributed by atoms with Gasteiger partial charge in [0, 0.05) is 19.3 Å². The number of amides is 2. The van der Waals surface area contributed by atoms with Gasteiger partial charge in [-0.25, -0.2) is 0 Å². The van der Waals surface area contributed by atoms with E-state index in [4.69, 9.17) is 0 Å². The van der Waals surface area contributed by atoms with Crippen LogP contribution in [0.2, 0.25) is 0 Å². The summed E-state index contributed by atoms with van der Waals surface area (Å²) in [5.41, 5.74) is 4.10. The number of hydrogen-bond acceptors (Lipinski definition) is 3. The van der Waals surface area contributed by atoms with Crippen molar-refractivity contribution in [3.63, 3.8) is 0 Å². The Labute approximate surface area is 155 Å². The van der Waals surface area contributed by atoms with Gasteiger partial charge in [-0.15, -0.1) is 0 Å². The Hall–Kier alpha value is -2.66. The average molecular weight is 353 g/mol. The Morgan fingerprint density at radius 2 is 1.62 bits per heavy atom. The topological polar surface area (TPSA) is 52.7 Å². The van der Waals surface area contributed by atoms with Gasteiger partial charge in [0.15, 0.2) is 0 Å². The van der Waals surface area contributed by atoms with E-state index < -0.39 is 0 Å². The maximum absolute atomic E-state index is 12.4. The summed E-state index contributed by atoms with van der Waals surface area (Å²) in [5.74, 6) is -0.278. The maximum atomic E-state index is 12.4. The quantitative estimate of drug-likeness (QED) is 0.833. The van der Waals surface area contributed by atoms with Gasteiger partial charge in [-0.05, 0) is 43.7 Å². The number of anilines is 1. The van der Waals surface area contributed by atoms with Crippen molar-refractivity contribution in [3.05, 3.63) is 65.2 Å². The fourth-order valence-electron chi connectivity index (χ4n) is 2.68. The zero-order chi connectivity index (χ0) is 19.1. The molecule has 2 amide bonds. The lowest BCUT2D eigenvalue weighted by atomic mass is 10.1.